The van der Waals surface area contributed by atoms with Gasteiger partial charge in [-0.3, -0.25) is 4.90 Å². The van der Waals surface area contributed by atoms with E-state index < -0.39 is 5.97 Å². The van der Waals surface area contributed by atoms with Crippen LogP contribution in [0.5, 0.6) is 0 Å². The molecule has 132 valence electrons. The van der Waals surface area contributed by atoms with Crippen molar-refractivity contribution in [2.24, 2.45) is 0 Å². The Kier molecular flexibility index (Phi) is 5.34. The summed E-state index contributed by atoms with van der Waals surface area (Å²) in [6, 6.07) is 11.5. The number of benzene rings is 1. The number of nitrogens with zero attached hydrogens (tertiary/aromatic N) is 3. The van der Waals surface area contributed by atoms with Crippen molar-refractivity contribution in [3.63, 3.8) is 0 Å². The zero-order chi connectivity index (χ0) is 17.8. The molecule has 0 bridgehead atoms. The third kappa shape index (κ3) is 4.37. The molecule has 1 saturated heterocycles. The van der Waals surface area contributed by atoms with E-state index in [4.69, 9.17) is 5.11 Å². The van der Waals surface area contributed by atoms with E-state index in [2.05, 4.69) is 22.0 Å². The molecule has 1 aliphatic heterocycles. The second kappa shape index (κ2) is 7.66. The Balaban J connectivity index is 1.63. The molecule has 0 aliphatic carbocycles. The molecule has 1 aromatic carbocycles. The van der Waals surface area contributed by atoms with E-state index in [-0.39, 0.29) is 0 Å². The van der Waals surface area contributed by atoms with Crippen molar-refractivity contribution in [1.82, 2.24) is 9.88 Å². The highest BCUT2D eigenvalue weighted by molar-refractivity contribution is 5.87. The van der Waals surface area contributed by atoms with Crippen LogP contribution in [0.3, 0.4) is 0 Å². The number of likely N-dealkylation sites (tertiary alicyclic amines) is 1. The number of carboxylic acids is 1. The second-order valence-electron chi connectivity index (χ2n) is 6.92. The lowest BCUT2D eigenvalue weighted by Crippen LogP contribution is -2.33. The van der Waals surface area contributed by atoms with Crippen molar-refractivity contribution >= 4 is 11.8 Å². The molecule has 0 radical (unpaired) electrons. The predicted molar refractivity (Wildman–Crippen MR) is 99.2 cm³/mol. The van der Waals surface area contributed by atoms with E-state index >= 15 is 0 Å². The standard InChI is InChI=1S/C20H25N3O2/c1-22(2)19-10-5-15(12-21-19)13-23-11-3-4-18(14-23)16-6-8-17(9-7-16)20(24)25/h5-10,12,18H,3-4,11,13-14H2,1-2H3,(H,24,25)/t18-/m1/s1. The van der Waals surface area contributed by atoms with Gasteiger partial charge in [-0.1, -0.05) is 18.2 Å². The number of carbonyl (C=O) groups is 1. The van der Waals surface area contributed by atoms with Crippen molar-refractivity contribution in [3.05, 3.63) is 59.3 Å². The van der Waals surface area contributed by atoms with Gasteiger partial charge < -0.3 is 10.0 Å². The molecule has 0 amide bonds. The van der Waals surface area contributed by atoms with E-state index in [9.17, 15) is 4.79 Å². The Morgan fingerprint density at radius 3 is 2.60 bits per heavy atom. The number of aromatic carboxylic acids is 1. The molecule has 2 heterocycles. The van der Waals surface area contributed by atoms with Crippen molar-refractivity contribution < 1.29 is 9.90 Å². The first-order valence-corrected chi connectivity index (χ1v) is 8.71. The summed E-state index contributed by atoms with van der Waals surface area (Å²) in [7, 11) is 3.99. The summed E-state index contributed by atoms with van der Waals surface area (Å²) in [5.74, 6) is 0.565. The van der Waals surface area contributed by atoms with Crippen LogP contribution in [0.25, 0.3) is 0 Å². The van der Waals surface area contributed by atoms with Crippen LogP contribution in [-0.4, -0.2) is 48.1 Å². The molecule has 1 atom stereocenters. The summed E-state index contributed by atoms with van der Waals surface area (Å²) in [4.78, 5) is 19.9. The van der Waals surface area contributed by atoms with Gasteiger partial charge >= 0.3 is 5.97 Å². The fraction of sp³-hybridized carbons (Fsp3) is 0.400. The number of aromatic nitrogens is 1. The first kappa shape index (κ1) is 17.4. The third-order valence-corrected chi connectivity index (χ3v) is 4.81. The number of piperidine rings is 1. The summed E-state index contributed by atoms with van der Waals surface area (Å²) >= 11 is 0. The Hall–Kier alpha value is -2.40. The van der Waals surface area contributed by atoms with Gasteiger partial charge in [0.2, 0.25) is 0 Å². The van der Waals surface area contributed by atoms with Crippen LogP contribution in [0.2, 0.25) is 0 Å². The molecular formula is C20H25N3O2. The smallest absolute Gasteiger partial charge is 0.335 e. The molecule has 2 aromatic rings. The van der Waals surface area contributed by atoms with Gasteiger partial charge in [0.15, 0.2) is 0 Å². The molecule has 0 unspecified atom stereocenters. The maximum Gasteiger partial charge on any atom is 0.335 e. The molecule has 1 N–H and O–H groups in total. The molecule has 5 nitrogen and oxygen atoms in total. The molecule has 1 fully saturated rings. The quantitative estimate of drug-likeness (QED) is 0.906. The fourth-order valence-electron chi connectivity index (χ4n) is 3.40. The first-order chi connectivity index (χ1) is 12.0. The van der Waals surface area contributed by atoms with Gasteiger partial charge in [-0.25, -0.2) is 9.78 Å². The van der Waals surface area contributed by atoms with Gasteiger partial charge in [-0.2, -0.15) is 0 Å². The van der Waals surface area contributed by atoms with Gasteiger partial charge in [0.25, 0.3) is 0 Å². The van der Waals surface area contributed by atoms with E-state index in [1.165, 1.54) is 11.1 Å². The van der Waals surface area contributed by atoms with Gasteiger partial charge in [0.1, 0.15) is 5.82 Å². The zero-order valence-corrected chi connectivity index (χ0v) is 14.9. The Morgan fingerprint density at radius 2 is 2.00 bits per heavy atom. The molecule has 3 rings (SSSR count). The fourth-order valence-corrected chi connectivity index (χ4v) is 3.40. The van der Waals surface area contributed by atoms with Crippen LogP contribution in [-0.2, 0) is 6.54 Å². The minimum absolute atomic E-state index is 0.350. The number of pyridine rings is 1. The molecule has 5 heteroatoms. The first-order valence-electron chi connectivity index (χ1n) is 8.71. The number of anilines is 1. The number of hydrogen-bond acceptors (Lipinski definition) is 4. The van der Waals surface area contributed by atoms with Gasteiger partial charge in [0.05, 0.1) is 5.56 Å². The third-order valence-electron chi connectivity index (χ3n) is 4.81. The number of rotatable bonds is 5. The average Bonchev–Trinajstić information content (AvgIpc) is 2.62. The van der Waals surface area contributed by atoms with E-state index in [0.29, 0.717) is 11.5 Å². The lowest BCUT2D eigenvalue weighted by atomic mass is 9.90. The molecule has 0 spiro atoms. The van der Waals surface area contributed by atoms with Crippen LogP contribution in [0.4, 0.5) is 5.82 Å². The lowest BCUT2D eigenvalue weighted by Gasteiger charge is -2.33. The van der Waals surface area contributed by atoms with Gasteiger partial charge in [-0.05, 0) is 54.6 Å². The Morgan fingerprint density at radius 1 is 1.24 bits per heavy atom. The highest BCUT2D eigenvalue weighted by Gasteiger charge is 2.21. The molecule has 0 saturated carbocycles. The topological polar surface area (TPSA) is 56.7 Å². The molecule has 1 aromatic heterocycles. The van der Waals surface area contributed by atoms with Crippen molar-refractivity contribution in [2.75, 3.05) is 32.1 Å². The minimum atomic E-state index is -0.870. The molecule has 25 heavy (non-hydrogen) atoms. The second-order valence-corrected chi connectivity index (χ2v) is 6.92. The zero-order valence-electron chi connectivity index (χ0n) is 14.9. The monoisotopic (exact) mass is 339 g/mol. The maximum absolute atomic E-state index is 11.0. The van der Waals surface area contributed by atoms with Crippen LogP contribution in [0.1, 0.15) is 40.2 Å². The number of carboxylic acid groups (broad SMARTS) is 1. The molecular weight excluding hydrogens is 314 g/mol. The van der Waals surface area contributed by atoms with Crippen LogP contribution in [0.15, 0.2) is 42.6 Å². The largest absolute Gasteiger partial charge is 0.478 e. The van der Waals surface area contributed by atoms with E-state index in [0.717, 1.165) is 38.3 Å². The predicted octanol–water partition coefficient (Wildman–Crippen LogP) is 3.23. The molecule has 1 aliphatic rings. The van der Waals surface area contributed by atoms with Crippen LogP contribution in [0, 0.1) is 0 Å². The average molecular weight is 339 g/mol. The van der Waals surface area contributed by atoms with Crippen LogP contribution >= 0.6 is 0 Å². The van der Waals surface area contributed by atoms with Gasteiger partial charge in [-0.15, -0.1) is 0 Å². The summed E-state index contributed by atoms with van der Waals surface area (Å²) < 4.78 is 0. The highest BCUT2D eigenvalue weighted by atomic mass is 16.4. The van der Waals surface area contributed by atoms with E-state index in [1.54, 1.807) is 12.1 Å². The summed E-state index contributed by atoms with van der Waals surface area (Å²) in [6.07, 6.45) is 4.27. The van der Waals surface area contributed by atoms with Crippen LogP contribution < -0.4 is 4.90 Å². The summed E-state index contributed by atoms with van der Waals surface area (Å²) in [5.41, 5.74) is 2.81. The SMILES string of the molecule is CN(C)c1ccc(CN2CCC[C@@H](c3ccc(C(=O)O)cc3)C2)cn1. The van der Waals surface area contributed by atoms with Crippen molar-refractivity contribution in [2.45, 2.75) is 25.3 Å². The van der Waals surface area contributed by atoms with Crippen molar-refractivity contribution in [1.29, 1.82) is 0 Å². The summed E-state index contributed by atoms with van der Waals surface area (Å²) in [6.45, 7) is 3.01. The normalized spacial score (nSPS) is 18.1. The lowest BCUT2D eigenvalue weighted by molar-refractivity contribution is 0.0697. The summed E-state index contributed by atoms with van der Waals surface area (Å²) in [5, 5.41) is 9.03. The Labute approximate surface area is 148 Å². The minimum Gasteiger partial charge on any atom is -0.478 e. The van der Waals surface area contributed by atoms with Crippen molar-refractivity contribution in [3.8, 4) is 0 Å². The van der Waals surface area contributed by atoms with Gasteiger partial charge in [0, 0.05) is 33.4 Å². The maximum atomic E-state index is 11.0. The Bertz CT molecular complexity index is 711. The van der Waals surface area contributed by atoms with E-state index in [1.807, 2.05) is 37.3 Å². The number of hydrogen-bond donors (Lipinski definition) is 1. The highest BCUT2D eigenvalue weighted by Crippen LogP contribution is 2.28.